The molecule has 3 N–H and O–H groups in total. The van der Waals surface area contributed by atoms with Gasteiger partial charge in [-0.3, -0.25) is 18.9 Å². The highest BCUT2D eigenvalue weighted by atomic mass is 31.2. The molecule has 64 heavy (non-hydrogen) atoms. The zero-order chi connectivity index (χ0) is 47.5. The second-order valence-electron chi connectivity index (χ2n) is 19.5. The summed E-state index contributed by atoms with van der Waals surface area (Å²) in [4.78, 5) is 50.8. The maximum atomic E-state index is 12.9. The molecule has 0 aliphatic heterocycles. The van der Waals surface area contributed by atoms with Crippen molar-refractivity contribution >= 4 is 25.5 Å². The number of phosphoric acid groups is 1. The van der Waals surface area contributed by atoms with E-state index in [1.165, 1.54) is 96.3 Å². The minimum atomic E-state index is -4.73. The zero-order valence-corrected chi connectivity index (χ0v) is 42.0. The first kappa shape index (κ1) is 60.3. The van der Waals surface area contributed by atoms with Gasteiger partial charge in [-0.05, 0) is 25.7 Å². The van der Waals surface area contributed by atoms with Crippen LogP contribution in [-0.2, 0) is 37.5 Å². The molecular formula is C50H94NO12P. The highest BCUT2D eigenvalue weighted by Gasteiger charge is 2.41. The highest BCUT2D eigenvalue weighted by Crippen LogP contribution is 2.39. The summed E-state index contributed by atoms with van der Waals surface area (Å²) in [6.07, 6.45) is 28.6. The largest absolute Gasteiger partial charge is 0.756 e. The number of ketones is 1. The average Bonchev–Trinajstić information content (AvgIpc) is 3.50. The smallest absolute Gasteiger partial charge is 0.306 e. The van der Waals surface area contributed by atoms with E-state index in [0.29, 0.717) is 36.7 Å². The number of aliphatic hydroxyl groups is 3. The summed E-state index contributed by atoms with van der Waals surface area (Å²) in [5.41, 5.74) is 0. The Morgan fingerprint density at radius 1 is 0.672 bits per heavy atom. The summed E-state index contributed by atoms with van der Waals surface area (Å²) in [6.45, 7) is 3.72. The number of hydrogen-bond acceptors (Lipinski definition) is 12. The van der Waals surface area contributed by atoms with Gasteiger partial charge in [-0.25, -0.2) is 0 Å². The molecule has 0 aromatic heterocycles. The average molecular weight is 932 g/mol. The Balaban J connectivity index is 2.43. The number of rotatable bonds is 43. The maximum Gasteiger partial charge on any atom is 0.306 e. The van der Waals surface area contributed by atoms with Gasteiger partial charge in [-0.15, -0.1) is 0 Å². The van der Waals surface area contributed by atoms with Gasteiger partial charge in [0.15, 0.2) is 6.10 Å². The number of hydrogen-bond donors (Lipinski definition) is 3. The van der Waals surface area contributed by atoms with Crippen LogP contribution >= 0.6 is 7.82 Å². The van der Waals surface area contributed by atoms with Crippen molar-refractivity contribution in [2.45, 2.75) is 231 Å². The minimum Gasteiger partial charge on any atom is -0.756 e. The molecule has 0 aromatic carbocycles. The summed E-state index contributed by atoms with van der Waals surface area (Å²) < 4.78 is 33.9. The number of aliphatic hydroxyl groups excluding tert-OH is 3. The van der Waals surface area contributed by atoms with E-state index in [-0.39, 0.29) is 51.1 Å². The molecule has 7 atom stereocenters. The standard InChI is InChI=1S/C50H94NO12P/c1-6-8-10-11-12-13-14-15-16-17-18-19-20-21-22-23-24-25-27-32-49(56)60-40-44(41-62-64(58,59)61-37-36-51(3,4)5)63-50(57)33-29-28-31-43(53)38-46-45(47(54)39-48(46)55)35-34-42(52)30-26-9-7-2/h34-35,42,44-48,52,54-55H,6-33,36-41H2,1-5H3/b35-34+/t42-,44+,45+,46+,47+,48-/m0/s1. The molecule has 0 spiro atoms. The Morgan fingerprint density at radius 3 is 1.70 bits per heavy atom. The number of unbranched alkanes of at least 4 members (excludes halogenated alkanes) is 21. The fraction of sp³-hybridized carbons (Fsp3) is 0.900. The molecule has 0 heterocycles. The first-order chi connectivity index (χ1) is 30.6. The van der Waals surface area contributed by atoms with E-state index in [2.05, 4.69) is 13.8 Å². The molecule has 0 bridgehead atoms. The lowest BCUT2D eigenvalue weighted by atomic mass is 9.87. The molecule has 0 saturated heterocycles. The summed E-state index contributed by atoms with van der Waals surface area (Å²) in [5, 5.41) is 31.4. The molecule has 14 heteroatoms. The number of nitrogens with zero attached hydrogens (tertiary/aromatic N) is 1. The molecule has 1 saturated carbocycles. The molecule has 1 aliphatic carbocycles. The molecule has 13 nitrogen and oxygen atoms in total. The lowest BCUT2D eigenvalue weighted by Crippen LogP contribution is -2.37. The first-order valence-electron chi connectivity index (χ1n) is 25.6. The number of phosphoric ester groups is 1. The van der Waals surface area contributed by atoms with Crippen molar-refractivity contribution in [2.75, 3.05) is 47.5 Å². The van der Waals surface area contributed by atoms with Crippen LogP contribution in [0.5, 0.6) is 0 Å². The van der Waals surface area contributed by atoms with Crippen molar-refractivity contribution in [3.8, 4) is 0 Å². The molecule has 1 rings (SSSR count). The van der Waals surface area contributed by atoms with Crippen LogP contribution in [0.3, 0.4) is 0 Å². The predicted molar refractivity (Wildman–Crippen MR) is 252 cm³/mol. The number of quaternary nitrogens is 1. The van der Waals surface area contributed by atoms with Crippen LogP contribution in [0.4, 0.5) is 0 Å². The quantitative estimate of drug-likeness (QED) is 0.0173. The number of ether oxygens (including phenoxy) is 2. The Morgan fingerprint density at radius 2 is 1.16 bits per heavy atom. The van der Waals surface area contributed by atoms with Crippen LogP contribution in [-0.4, -0.2) is 109 Å². The molecule has 376 valence electrons. The third-order valence-electron chi connectivity index (χ3n) is 12.3. The van der Waals surface area contributed by atoms with Gasteiger partial charge in [-0.1, -0.05) is 161 Å². The van der Waals surface area contributed by atoms with Crippen molar-refractivity contribution in [3.63, 3.8) is 0 Å². The fourth-order valence-corrected chi connectivity index (χ4v) is 8.91. The minimum absolute atomic E-state index is 0.0574. The Labute approximate surface area is 389 Å². The molecule has 0 aromatic rings. The van der Waals surface area contributed by atoms with Gasteiger partial charge < -0.3 is 43.2 Å². The van der Waals surface area contributed by atoms with Crippen molar-refractivity contribution in [1.82, 2.24) is 0 Å². The lowest BCUT2D eigenvalue weighted by Gasteiger charge is -2.28. The summed E-state index contributed by atoms with van der Waals surface area (Å²) in [5.74, 6) is -2.12. The molecule has 0 radical (unpaired) electrons. The molecule has 0 amide bonds. The van der Waals surface area contributed by atoms with Crippen molar-refractivity contribution in [3.05, 3.63) is 12.2 Å². The lowest BCUT2D eigenvalue weighted by molar-refractivity contribution is -0.870. The van der Waals surface area contributed by atoms with E-state index < -0.39 is 62.6 Å². The van der Waals surface area contributed by atoms with Crippen LogP contribution in [0, 0.1) is 11.8 Å². The highest BCUT2D eigenvalue weighted by molar-refractivity contribution is 7.45. The van der Waals surface area contributed by atoms with E-state index in [1.807, 2.05) is 21.1 Å². The Bertz CT molecular complexity index is 1280. The normalized spacial score (nSPS) is 19.8. The monoisotopic (exact) mass is 932 g/mol. The van der Waals surface area contributed by atoms with Gasteiger partial charge >= 0.3 is 11.9 Å². The number of esters is 2. The van der Waals surface area contributed by atoms with Gasteiger partial charge in [0.1, 0.15) is 25.5 Å². The molecule has 1 unspecified atom stereocenters. The number of carbonyl (C=O) groups excluding carboxylic acids is 3. The summed E-state index contributed by atoms with van der Waals surface area (Å²) >= 11 is 0. The second kappa shape index (κ2) is 37.3. The van der Waals surface area contributed by atoms with Crippen LogP contribution in [0.2, 0.25) is 0 Å². The molecule has 1 aliphatic rings. The van der Waals surface area contributed by atoms with E-state index in [9.17, 15) is 39.2 Å². The number of likely N-dealkylation sites (N-methyl/N-ethyl adjacent to an activating group) is 1. The Hall–Kier alpha value is -1.70. The van der Waals surface area contributed by atoms with Crippen molar-refractivity contribution in [1.29, 1.82) is 0 Å². The first-order valence-corrected chi connectivity index (χ1v) is 27.0. The van der Waals surface area contributed by atoms with Crippen LogP contribution in [0.25, 0.3) is 0 Å². The topological polar surface area (TPSA) is 189 Å². The third-order valence-corrected chi connectivity index (χ3v) is 13.2. The third kappa shape index (κ3) is 33.7. The Kier molecular flexibility index (Phi) is 35.2. The van der Waals surface area contributed by atoms with Crippen molar-refractivity contribution in [2.24, 2.45) is 11.8 Å². The molecular weight excluding hydrogens is 838 g/mol. The number of carbonyl (C=O) groups is 3. The SMILES string of the molecule is CCCCCCCCCCCCCCCCCCCCCC(=O)OC[C@H](COP(=O)([O-])OCC[N+](C)(C)C)OC(=O)CCCCC(=O)C[C@@H]1[C@@H](/C=C/[C@@H](O)CCCCC)[C@H](O)C[C@@H]1O. The number of Topliss-reactive ketones (excluding diaryl/α,β-unsaturated/α-hetero) is 1. The molecule has 1 fully saturated rings. The van der Waals surface area contributed by atoms with Gasteiger partial charge in [-0.2, -0.15) is 0 Å². The van der Waals surface area contributed by atoms with Crippen molar-refractivity contribution < 1.29 is 62.2 Å². The van der Waals surface area contributed by atoms with Crippen LogP contribution in [0.15, 0.2) is 12.2 Å². The van der Waals surface area contributed by atoms with E-state index in [0.717, 1.165) is 38.5 Å². The van der Waals surface area contributed by atoms with E-state index in [1.54, 1.807) is 12.2 Å². The van der Waals surface area contributed by atoms with Gasteiger partial charge in [0.05, 0.1) is 46.1 Å². The fourth-order valence-electron chi connectivity index (χ4n) is 8.18. The predicted octanol–water partition coefficient (Wildman–Crippen LogP) is 9.85. The summed E-state index contributed by atoms with van der Waals surface area (Å²) in [7, 11) is 0.948. The van der Waals surface area contributed by atoms with Crippen LogP contribution < -0.4 is 4.89 Å². The van der Waals surface area contributed by atoms with Gasteiger partial charge in [0.25, 0.3) is 7.82 Å². The van der Waals surface area contributed by atoms with Gasteiger partial charge in [0.2, 0.25) is 0 Å². The van der Waals surface area contributed by atoms with Crippen LogP contribution in [0.1, 0.15) is 206 Å². The van der Waals surface area contributed by atoms with Gasteiger partial charge in [0, 0.05) is 43.9 Å². The second-order valence-corrected chi connectivity index (χ2v) is 20.9. The maximum absolute atomic E-state index is 12.9. The van der Waals surface area contributed by atoms with E-state index >= 15 is 0 Å². The van der Waals surface area contributed by atoms with E-state index in [4.69, 9.17) is 18.5 Å². The summed E-state index contributed by atoms with van der Waals surface area (Å²) in [6, 6.07) is 0. The zero-order valence-electron chi connectivity index (χ0n) is 41.1.